The van der Waals surface area contributed by atoms with Crippen LogP contribution in [0.4, 0.5) is 0 Å². The molecule has 0 saturated carbocycles. The fourth-order valence-electron chi connectivity index (χ4n) is 1.58. The van der Waals surface area contributed by atoms with Crippen LogP contribution >= 0.6 is 0 Å². The molecule has 104 valence electrons. The van der Waals surface area contributed by atoms with Gasteiger partial charge in [-0.15, -0.1) is 0 Å². The Morgan fingerprint density at radius 3 is 2.56 bits per heavy atom. The Labute approximate surface area is 111 Å². The van der Waals surface area contributed by atoms with E-state index in [1.54, 1.807) is 0 Å². The quantitative estimate of drug-likeness (QED) is 0.734. The maximum Gasteiger partial charge on any atom is 0.139 e. The second kappa shape index (κ2) is 6.90. The van der Waals surface area contributed by atoms with Gasteiger partial charge in [0.25, 0.3) is 0 Å². The van der Waals surface area contributed by atoms with E-state index in [0.717, 1.165) is 37.5 Å². The summed E-state index contributed by atoms with van der Waals surface area (Å²) < 4.78 is 5.25. The normalized spacial score (nSPS) is 12.3. The SMILES string of the molecule is CC(C)c1cc(CNCCCNC(C)(C)C)no1. The molecule has 18 heavy (non-hydrogen) atoms. The lowest BCUT2D eigenvalue weighted by molar-refractivity contribution is 0.363. The van der Waals surface area contributed by atoms with Crippen molar-refractivity contribution in [3.63, 3.8) is 0 Å². The monoisotopic (exact) mass is 253 g/mol. The molecular formula is C14H27N3O. The van der Waals surface area contributed by atoms with Crippen LogP contribution in [0.1, 0.15) is 58.4 Å². The van der Waals surface area contributed by atoms with Crippen molar-refractivity contribution < 1.29 is 4.52 Å². The van der Waals surface area contributed by atoms with Crippen LogP contribution in [-0.4, -0.2) is 23.8 Å². The van der Waals surface area contributed by atoms with E-state index >= 15 is 0 Å². The second-order valence-electron chi connectivity index (χ2n) is 6.08. The van der Waals surface area contributed by atoms with Crippen molar-refractivity contribution >= 4 is 0 Å². The number of aromatic nitrogens is 1. The highest BCUT2D eigenvalue weighted by atomic mass is 16.5. The standard InChI is InChI=1S/C14H27N3O/c1-11(2)13-9-12(17-18-13)10-15-7-6-8-16-14(3,4)5/h9,11,15-16H,6-8,10H2,1-5H3. The highest BCUT2D eigenvalue weighted by Crippen LogP contribution is 2.14. The average molecular weight is 253 g/mol. The molecule has 0 saturated heterocycles. The predicted molar refractivity (Wildman–Crippen MR) is 74.7 cm³/mol. The number of nitrogens with zero attached hydrogens (tertiary/aromatic N) is 1. The van der Waals surface area contributed by atoms with Crippen molar-refractivity contribution in [1.29, 1.82) is 0 Å². The Morgan fingerprint density at radius 2 is 2.00 bits per heavy atom. The van der Waals surface area contributed by atoms with Crippen LogP contribution < -0.4 is 10.6 Å². The summed E-state index contributed by atoms with van der Waals surface area (Å²) in [6.45, 7) is 13.6. The number of hydrogen-bond donors (Lipinski definition) is 2. The van der Waals surface area contributed by atoms with Crippen molar-refractivity contribution in [2.75, 3.05) is 13.1 Å². The third-order valence-corrected chi connectivity index (χ3v) is 2.64. The van der Waals surface area contributed by atoms with Crippen molar-refractivity contribution in [3.05, 3.63) is 17.5 Å². The van der Waals surface area contributed by atoms with Gasteiger partial charge in [-0.25, -0.2) is 0 Å². The highest BCUT2D eigenvalue weighted by Gasteiger charge is 2.08. The first-order valence-corrected chi connectivity index (χ1v) is 6.80. The second-order valence-corrected chi connectivity index (χ2v) is 6.08. The van der Waals surface area contributed by atoms with Crippen LogP contribution in [0.3, 0.4) is 0 Å². The summed E-state index contributed by atoms with van der Waals surface area (Å²) in [6.07, 6.45) is 1.12. The third kappa shape index (κ3) is 6.17. The maximum absolute atomic E-state index is 5.25. The van der Waals surface area contributed by atoms with Gasteiger partial charge in [0.15, 0.2) is 0 Å². The highest BCUT2D eigenvalue weighted by molar-refractivity contribution is 5.08. The lowest BCUT2D eigenvalue weighted by Gasteiger charge is -2.20. The van der Waals surface area contributed by atoms with E-state index in [1.807, 2.05) is 6.07 Å². The summed E-state index contributed by atoms with van der Waals surface area (Å²) in [4.78, 5) is 0. The zero-order chi connectivity index (χ0) is 13.6. The number of hydrogen-bond acceptors (Lipinski definition) is 4. The van der Waals surface area contributed by atoms with Crippen molar-refractivity contribution in [2.45, 2.75) is 59.0 Å². The van der Waals surface area contributed by atoms with Crippen molar-refractivity contribution in [3.8, 4) is 0 Å². The van der Waals surface area contributed by atoms with E-state index in [1.165, 1.54) is 0 Å². The molecule has 0 aromatic carbocycles. The zero-order valence-corrected chi connectivity index (χ0v) is 12.3. The minimum absolute atomic E-state index is 0.207. The molecule has 0 aliphatic rings. The van der Waals surface area contributed by atoms with Gasteiger partial charge in [-0.2, -0.15) is 0 Å². The van der Waals surface area contributed by atoms with Crippen molar-refractivity contribution in [2.24, 2.45) is 0 Å². The van der Waals surface area contributed by atoms with Gasteiger partial charge in [0, 0.05) is 24.1 Å². The molecule has 1 rings (SSSR count). The van der Waals surface area contributed by atoms with Gasteiger partial charge in [-0.3, -0.25) is 0 Å². The molecule has 0 amide bonds. The van der Waals surface area contributed by atoms with Gasteiger partial charge in [-0.1, -0.05) is 19.0 Å². The lowest BCUT2D eigenvalue weighted by atomic mass is 10.1. The molecule has 1 aromatic rings. The fourth-order valence-corrected chi connectivity index (χ4v) is 1.58. The molecule has 4 heteroatoms. The summed E-state index contributed by atoms with van der Waals surface area (Å²) in [5.41, 5.74) is 1.20. The number of nitrogens with one attached hydrogen (secondary N) is 2. The smallest absolute Gasteiger partial charge is 0.139 e. The predicted octanol–water partition coefficient (Wildman–Crippen LogP) is 2.67. The first kappa shape index (κ1) is 15.2. The molecule has 0 spiro atoms. The van der Waals surface area contributed by atoms with Gasteiger partial charge >= 0.3 is 0 Å². The topological polar surface area (TPSA) is 50.1 Å². The Bertz CT molecular complexity index is 339. The maximum atomic E-state index is 5.25. The third-order valence-electron chi connectivity index (χ3n) is 2.64. The Balaban J connectivity index is 2.10. The van der Waals surface area contributed by atoms with Crippen LogP contribution in [-0.2, 0) is 6.54 Å². The molecule has 0 radical (unpaired) electrons. The Kier molecular flexibility index (Phi) is 5.82. The molecule has 1 aromatic heterocycles. The first-order chi connectivity index (χ1) is 8.38. The first-order valence-electron chi connectivity index (χ1n) is 6.80. The summed E-state index contributed by atoms with van der Waals surface area (Å²) in [6, 6.07) is 2.03. The van der Waals surface area contributed by atoms with Crippen LogP contribution in [0, 0.1) is 0 Å². The van der Waals surface area contributed by atoms with Gasteiger partial charge in [0.1, 0.15) is 5.76 Å². The fraction of sp³-hybridized carbons (Fsp3) is 0.786. The van der Waals surface area contributed by atoms with E-state index in [4.69, 9.17) is 4.52 Å². The molecule has 0 aliphatic carbocycles. The van der Waals surface area contributed by atoms with Crippen LogP contribution in [0.5, 0.6) is 0 Å². The summed E-state index contributed by atoms with van der Waals surface area (Å²) in [5, 5.41) is 10.9. The largest absolute Gasteiger partial charge is 0.361 e. The molecule has 1 heterocycles. The van der Waals surface area contributed by atoms with E-state index in [0.29, 0.717) is 5.92 Å². The molecular weight excluding hydrogens is 226 g/mol. The summed E-state index contributed by atoms with van der Waals surface area (Å²) in [5.74, 6) is 1.36. The summed E-state index contributed by atoms with van der Waals surface area (Å²) >= 11 is 0. The van der Waals surface area contributed by atoms with E-state index in [9.17, 15) is 0 Å². The molecule has 0 aliphatic heterocycles. The Hall–Kier alpha value is -0.870. The average Bonchev–Trinajstić information content (AvgIpc) is 2.70. The molecule has 0 unspecified atom stereocenters. The van der Waals surface area contributed by atoms with Crippen molar-refractivity contribution in [1.82, 2.24) is 15.8 Å². The molecule has 0 atom stereocenters. The zero-order valence-electron chi connectivity index (χ0n) is 12.3. The molecule has 4 nitrogen and oxygen atoms in total. The molecule has 2 N–H and O–H groups in total. The van der Waals surface area contributed by atoms with Crippen LogP contribution in [0.15, 0.2) is 10.6 Å². The van der Waals surface area contributed by atoms with E-state index in [-0.39, 0.29) is 5.54 Å². The minimum Gasteiger partial charge on any atom is -0.361 e. The lowest BCUT2D eigenvalue weighted by Crippen LogP contribution is -2.37. The van der Waals surface area contributed by atoms with E-state index < -0.39 is 0 Å². The summed E-state index contributed by atoms with van der Waals surface area (Å²) in [7, 11) is 0. The molecule has 0 fully saturated rings. The van der Waals surface area contributed by atoms with Gasteiger partial charge in [0.2, 0.25) is 0 Å². The minimum atomic E-state index is 0.207. The van der Waals surface area contributed by atoms with Crippen LogP contribution in [0.25, 0.3) is 0 Å². The Morgan fingerprint density at radius 1 is 1.28 bits per heavy atom. The van der Waals surface area contributed by atoms with E-state index in [2.05, 4.69) is 50.4 Å². The molecule has 0 bridgehead atoms. The number of rotatable bonds is 7. The van der Waals surface area contributed by atoms with Gasteiger partial charge in [-0.05, 0) is 40.3 Å². The van der Waals surface area contributed by atoms with Gasteiger partial charge < -0.3 is 15.2 Å². The van der Waals surface area contributed by atoms with Crippen LogP contribution in [0.2, 0.25) is 0 Å². The van der Waals surface area contributed by atoms with Gasteiger partial charge in [0.05, 0.1) is 5.69 Å².